The van der Waals surface area contributed by atoms with Crippen LogP contribution in [0.15, 0.2) is 18.6 Å². The summed E-state index contributed by atoms with van der Waals surface area (Å²) in [5.74, 6) is 0.972. The molecule has 1 aromatic heterocycles. The number of nitrogens with zero attached hydrogens (tertiary/aromatic N) is 2. The molecule has 3 nitrogen and oxygen atoms in total. The molecule has 0 radical (unpaired) electrons. The third kappa shape index (κ3) is 3.77. The van der Waals surface area contributed by atoms with Gasteiger partial charge in [0, 0.05) is 30.7 Å². The first-order chi connectivity index (χ1) is 8.79. The summed E-state index contributed by atoms with van der Waals surface area (Å²) in [6.45, 7) is 4.47. The van der Waals surface area contributed by atoms with Gasteiger partial charge in [0.2, 0.25) is 0 Å². The first kappa shape index (κ1) is 13.5. The van der Waals surface area contributed by atoms with Gasteiger partial charge in [0.15, 0.2) is 0 Å². The zero-order valence-electron chi connectivity index (χ0n) is 11.6. The summed E-state index contributed by atoms with van der Waals surface area (Å²) < 4.78 is 0. The fraction of sp³-hybridized carbons (Fsp3) is 0.733. The van der Waals surface area contributed by atoms with Crippen LogP contribution in [-0.2, 0) is 0 Å². The largest absolute Gasteiger partial charge is 0.306 e. The molecular formula is C15H25N3. The van der Waals surface area contributed by atoms with Crippen molar-refractivity contribution >= 4 is 0 Å². The average Bonchev–Trinajstić information content (AvgIpc) is 2.42. The first-order valence-electron chi connectivity index (χ1n) is 7.31. The van der Waals surface area contributed by atoms with Gasteiger partial charge in [-0.2, -0.15) is 0 Å². The SMILES string of the molecule is CCCC1CCC(NC(C)c2cnccn2)CC1. The van der Waals surface area contributed by atoms with Crippen LogP contribution in [0.3, 0.4) is 0 Å². The van der Waals surface area contributed by atoms with Crippen molar-refractivity contribution in [3.8, 4) is 0 Å². The summed E-state index contributed by atoms with van der Waals surface area (Å²) in [5.41, 5.74) is 1.05. The van der Waals surface area contributed by atoms with Crippen molar-refractivity contribution in [1.82, 2.24) is 15.3 Å². The van der Waals surface area contributed by atoms with Gasteiger partial charge in [0.25, 0.3) is 0 Å². The van der Waals surface area contributed by atoms with Gasteiger partial charge in [-0.05, 0) is 38.5 Å². The third-order valence-electron chi connectivity index (χ3n) is 4.06. The molecule has 1 N–H and O–H groups in total. The van der Waals surface area contributed by atoms with Gasteiger partial charge in [-0.25, -0.2) is 0 Å². The number of hydrogen-bond donors (Lipinski definition) is 1. The molecule has 0 amide bonds. The highest BCUT2D eigenvalue weighted by Crippen LogP contribution is 2.28. The molecule has 1 aliphatic rings. The zero-order chi connectivity index (χ0) is 12.8. The summed E-state index contributed by atoms with van der Waals surface area (Å²) in [6, 6.07) is 0.974. The molecule has 1 aromatic rings. The minimum atomic E-state index is 0.312. The van der Waals surface area contributed by atoms with Gasteiger partial charge in [-0.3, -0.25) is 9.97 Å². The summed E-state index contributed by atoms with van der Waals surface area (Å²) in [4.78, 5) is 8.50. The second kappa shape index (κ2) is 6.83. The molecular weight excluding hydrogens is 222 g/mol. The van der Waals surface area contributed by atoms with Crippen LogP contribution in [0.1, 0.15) is 64.1 Å². The molecule has 0 aromatic carbocycles. The van der Waals surface area contributed by atoms with Crippen LogP contribution in [0, 0.1) is 5.92 Å². The van der Waals surface area contributed by atoms with Crippen LogP contribution >= 0.6 is 0 Å². The second-order valence-electron chi connectivity index (χ2n) is 5.52. The van der Waals surface area contributed by atoms with E-state index in [0.717, 1.165) is 11.6 Å². The Kier molecular flexibility index (Phi) is 5.12. The van der Waals surface area contributed by atoms with Crippen LogP contribution in [0.5, 0.6) is 0 Å². The van der Waals surface area contributed by atoms with E-state index < -0.39 is 0 Å². The summed E-state index contributed by atoms with van der Waals surface area (Å²) in [6.07, 6.45) is 13.5. The average molecular weight is 247 g/mol. The van der Waals surface area contributed by atoms with Crippen molar-refractivity contribution < 1.29 is 0 Å². The minimum absolute atomic E-state index is 0.312. The van der Waals surface area contributed by atoms with Crippen LogP contribution in [0.2, 0.25) is 0 Å². The quantitative estimate of drug-likeness (QED) is 0.865. The monoisotopic (exact) mass is 247 g/mol. The van der Waals surface area contributed by atoms with Gasteiger partial charge in [0.05, 0.1) is 5.69 Å². The normalized spacial score (nSPS) is 25.9. The van der Waals surface area contributed by atoms with E-state index in [1.807, 2.05) is 6.20 Å². The highest BCUT2D eigenvalue weighted by atomic mass is 15.0. The lowest BCUT2D eigenvalue weighted by molar-refractivity contribution is 0.265. The van der Waals surface area contributed by atoms with Crippen LogP contribution in [0.4, 0.5) is 0 Å². The van der Waals surface area contributed by atoms with Crippen LogP contribution in [0.25, 0.3) is 0 Å². The van der Waals surface area contributed by atoms with E-state index in [9.17, 15) is 0 Å². The van der Waals surface area contributed by atoms with Crippen molar-refractivity contribution in [3.05, 3.63) is 24.3 Å². The van der Waals surface area contributed by atoms with E-state index in [2.05, 4.69) is 29.1 Å². The lowest BCUT2D eigenvalue weighted by Crippen LogP contribution is -2.35. The molecule has 1 unspecified atom stereocenters. The standard InChI is InChI=1S/C15H25N3/c1-3-4-13-5-7-14(8-6-13)18-12(2)15-11-16-9-10-17-15/h9-14,18H,3-8H2,1-2H3. The summed E-state index contributed by atoms with van der Waals surface area (Å²) in [7, 11) is 0. The third-order valence-corrected chi connectivity index (χ3v) is 4.06. The highest BCUT2D eigenvalue weighted by molar-refractivity contribution is 5.01. The molecule has 2 rings (SSSR count). The van der Waals surface area contributed by atoms with E-state index >= 15 is 0 Å². The number of hydrogen-bond acceptors (Lipinski definition) is 3. The molecule has 18 heavy (non-hydrogen) atoms. The Morgan fingerprint density at radius 3 is 2.67 bits per heavy atom. The van der Waals surface area contributed by atoms with E-state index in [1.165, 1.54) is 38.5 Å². The molecule has 1 heterocycles. The fourth-order valence-electron chi connectivity index (χ4n) is 3.00. The smallest absolute Gasteiger partial charge is 0.0753 e. The predicted octanol–water partition coefficient (Wildman–Crippen LogP) is 3.49. The molecule has 0 aliphatic heterocycles. The molecule has 1 aliphatic carbocycles. The van der Waals surface area contributed by atoms with Crippen molar-refractivity contribution in [1.29, 1.82) is 0 Å². The van der Waals surface area contributed by atoms with Crippen molar-refractivity contribution in [2.75, 3.05) is 0 Å². The maximum absolute atomic E-state index is 4.36. The van der Waals surface area contributed by atoms with E-state index in [-0.39, 0.29) is 0 Å². The van der Waals surface area contributed by atoms with E-state index in [0.29, 0.717) is 12.1 Å². The molecule has 0 saturated heterocycles. The molecule has 1 atom stereocenters. The minimum Gasteiger partial charge on any atom is -0.306 e. The zero-order valence-corrected chi connectivity index (χ0v) is 11.6. The molecule has 0 spiro atoms. The summed E-state index contributed by atoms with van der Waals surface area (Å²) >= 11 is 0. The number of nitrogens with one attached hydrogen (secondary N) is 1. The lowest BCUT2D eigenvalue weighted by atomic mass is 9.83. The Morgan fingerprint density at radius 2 is 2.06 bits per heavy atom. The Bertz CT molecular complexity index is 331. The highest BCUT2D eigenvalue weighted by Gasteiger charge is 2.22. The van der Waals surface area contributed by atoms with Crippen molar-refractivity contribution in [3.63, 3.8) is 0 Å². The van der Waals surface area contributed by atoms with Gasteiger partial charge in [-0.15, -0.1) is 0 Å². The Balaban J connectivity index is 1.78. The predicted molar refractivity (Wildman–Crippen MR) is 74.2 cm³/mol. The Morgan fingerprint density at radius 1 is 1.28 bits per heavy atom. The summed E-state index contributed by atoms with van der Waals surface area (Å²) in [5, 5.41) is 3.70. The maximum Gasteiger partial charge on any atom is 0.0753 e. The number of rotatable bonds is 5. The lowest BCUT2D eigenvalue weighted by Gasteiger charge is -2.31. The van der Waals surface area contributed by atoms with Gasteiger partial charge < -0.3 is 5.32 Å². The van der Waals surface area contributed by atoms with Gasteiger partial charge >= 0.3 is 0 Å². The van der Waals surface area contributed by atoms with Crippen LogP contribution in [-0.4, -0.2) is 16.0 Å². The Hall–Kier alpha value is -0.960. The molecule has 1 saturated carbocycles. The topological polar surface area (TPSA) is 37.8 Å². The van der Waals surface area contributed by atoms with E-state index in [4.69, 9.17) is 0 Å². The molecule has 0 bridgehead atoms. The fourth-order valence-corrected chi connectivity index (χ4v) is 3.00. The molecule has 1 fully saturated rings. The Labute approximate surface area is 110 Å². The second-order valence-corrected chi connectivity index (χ2v) is 5.52. The molecule has 3 heteroatoms. The van der Waals surface area contributed by atoms with Crippen LogP contribution < -0.4 is 5.32 Å². The number of aromatic nitrogens is 2. The first-order valence-corrected chi connectivity index (χ1v) is 7.31. The van der Waals surface area contributed by atoms with Crippen molar-refractivity contribution in [2.24, 2.45) is 5.92 Å². The van der Waals surface area contributed by atoms with Gasteiger partial charge in [0.1, 0.15) is 0 Å². The van der Waals surface area contributed by atoms with E-state index in [1.54, 1.807) is 12.4 Å². The molecule has 100 valence electrons. The van der Waals surface area contributed by atoms with Gasteiger partial charge in [-0.1, -0.05) is 19.8 Å². The maximum atomic E-state index is 4.36. The van der Waals surface area contributed by atoms with Crippen molar-refractivity contribution in [2.45, 2.75) is 64.5 Å².